The smallest absolute Gasteiger partial charge is 0.254 e. The van der Waals surface area contributed by atoms with Gasteiger partial charge in [0.25, 0.3) is 5.91 Å². The summed E-state index contributed by atoms with van der Waals surface area (Å²) in [5.41, 5.74) is 4.28. The Morgan fingerprint density at radius 3 is 2.28 bits per heavy atom. The highest BCUT2D eigenvalue weighted by Crippen LogP contribution is 2.36. The lowest BCUT2D eigenvalue weighted by molar-refractivity contribution is 0.0732. The standard InChI is InChI=1S/C28H19NO3/c30-26-21-12-10-17-6-4-5-9-20(17)24(21)27(31)25-22(26)13-11-18-14-15-29(16-23(18)25)28(32)19-7-2-1-3-8-19/h1-13H,14-16H2. The third-order valence-electron chi connectivity index (χ3n) is 6.59. The van der Waals surface area contributed by atoms with Crippen molar-refractivity contribution < 1.29 is 14.4 Å². The molecule has 4 heteroatoms. The third-order valence-corrected chi connectivity index (χ3v) is 6.59. The molecule has 0 aromatic heterocycles. The number of nitrogens with zero attached hydrogens (tertiary/aromatic N) is 1. The fraction of sp³-hybridized carbons (Fsp3) is 0.107. The predicted octanol–water partition coefficient (Wildman–Crippen LogP) is 4.81. The van der Waals surface area contributed by atoms with Crippen LogP contribution in [0.3, 0.4) is 0 Å². The monoisotopic (exact) mass is 417 g/mol. The van der Waals surface area contributed by atoms with Crippen LogP contribution in [0.15, 0.2) is 78.9 Å². The summed E-state index contributed by atoms with van der Waals surface area (Å²) < 4.78 is 0. The molecule has 0 atom stereocenters. The van der Waals surface area contributed by atoms with E-state index in [-0.39, 0.29) is 17.5 Å². The van der Waals surface area contributed by atoms with Crippen LogP contribution in [0, 0.1) is 0 Å². The maximum atomic E-state index is 13.8. The van der Waals surface area contributed by atoms with Crippen molar-refractivity contribution in [1.29, 1.82) is 0 Å². The molecule has 0 saturated heterocycles. The van der Waals surface area contributed by atoms with Crippen LogP contribution in [0.4, 0.5) is 0 Å². The summed E-state index contributed by atoms with van der Waals surface area (Å²) in [5, 5.41) is 1.72. The third kappa shape index (κ3) is 2.66. The van der Waals surface area contributed by atoms with Gasteiger partial charge in [0.2, 0.25) is 0 Å². The Labute approximate surface area is 185 Å². The Bertz CT molecular complexity index is 1450. The topological polar surface area (TPSA) is 54.5 Å². The number of hydrogen-bond donors (Lipinski definition) is 0. The Kier molecular flexibility index (Phi) is 4.08. The largest absolute Gasteiger partial charge is 0.334 e. The van der Waals surface area contributed by atoms with Gasteiger partial charge >= 0.3 is 0 Å². The molecule has 6 rings (SSSR count). The van der Waals surface area contributed by atoms with Crippen LogP contribution >= 0.6 is 0 Å². The molecule has 0 N–H and O–H groups in total. The number of amides is 1. The molecular weight excluding hydrogens is 398 g/mol. The van der Waals surface area contributed by atoms with Gasteiger partial charge in [0.1, 0.15) is 0 Å². The van der Waals surface area contributed by atoms with Crippen molar-refractivity contribution in [3.05, 3.63) is 118 Å². The molecule has 0 radical (unpaired) electrons. The van der Waals surface area contributed by atoms with Crippen molar-refractivity contribution in [2.45, 2.75) is 13.0 Å². The van der Waals surface area contributed by atoms with Gasteiger partial charge in [0.15, 0.2) is 11.6 Å². The summed E-state index contributed by atoms with van der Waals surface area (Å²) in [6, 6.07) is 24.2. The first-order valence-corrected chi connectivity index (χ1v) is 10.7. The van der Waals surface area contributed by atoms with Crippen LogP contribution < -0.4 is 0 Å². The van der Waals surface area contributed by atoms with Gasteiger partial charge < -0.3 is 4.90 Å². The molecule has 1 aliphatic heterocycles. The van der Waals surface area contributed by atoms with Gasteiger partial charge in [0.05, 0.1) is 0 Å². The zero-order valence-corrected chi connectivity index (χ0v) is 17.3. The molecule has 0 bridgehead atoms. The number of benzene rings is 4. The first-order chi connectivity index (χ1) is 15.6. The number of carbonyl (C=O) groups excluding carboxylic acids is 3. The SMILES string of the molecule is O=C1c2ccc3c(c2C(=O)c2c1ccc1ccccc21)CN(C(=O)c1ccccc1)CC3. The molecule has 4 nitrogen and oxygen atoms in total. The van der Waals surface area contributed by atoms with E-state index in [9.17, 15) is 14.4 Å². The van der Waals surface area contributed by atoms with Crippen LogP contribution in [-0.4, -0.2) is 28.9 Å². The highest BCUT2D eigenvalue weighted by atomic mass is 16.2. The van der Waals surface area contributed by atoms with Crippen molar-refractivity contribution in [3.8, 4) is 0 Å². The van der Waals surface area contributed by atoms with Gasteiger partial charge in [-0.25, -0.2) is 0 Å². The molecule has 1 aliphatic carbocycles. The van der Waals surface area contributed by atoms with E-state index in [0.29, 0.717) is 47.3 Å². The quantitative estimate of drug-likeness (QED) is 0.393. The van der Waals surface area contributed by atoms with E-state index in [0.717, 1.165) is 21.9 Å². The molecule has 154 valence electrons. The van der Waals surface area contributed by atoms with Crippen LogP contribution in [0.5, 0.6) is 0 Å². The maximum absolute atomic E-state index is 13.8. The normalized spacial score (nSPS) is 14.7. The molecule has 0 spiro atoms. The van der Waals surface area contributed by atoms with E-state index in [1.54, 1.807) is 29.2 Å². The number of carbonyl (C=O) groups is 3. The molecule has 4 aromatic carbocycles. The van der Waals surface area contributed by atoms with E-state index in [1.807, 2.05) is 54.6 Å². The summed E-state index contributed by atoms with van der Waals surface area (Å²) in [7, 11) is 0. The average Bonchev–Trinajstić information content (AvgIpc) is 2.85. The van der Waals surface area contributed by atoms with Crippen molar-refractivity contribution in [1.82, 2.24) is 4.90 Å². The molecule has 2 aliphatic rings. The predicted molar refractivity (Wildman–Crippen MR) is 122 cm³/mol. The summed E-state index contributed by atoms with van der Waals surface area (Å²) in [6.07, 6.45) is 0.658. The summed E-state index contributed by atoms with van der Waals surface area (Å²) >= 11 is 0. The van der Waals surface area contributed by atoms with Crippen molar-refractivity contribution in [3.63, 3.8) is 0 Å². The maximum Gasteiger partial charge on any atom is 0.254 e. The Morgan fingerprint density at radius 1 is 0.719 bits per heavy atom. The fourth-order valence-corrected chi connectivity index (χ4v) is 4.99. The first-order valence-electron chi connectivity index (χ1n) is 10.7. The lowest BCUT2D eigenvalue weighted by Crippen LogP contribution is -2.37. The lowest BCUT2D eigenvalue weighted by atomic mass is 9.77. The lowest BCUT2D eigenvalue weighted by Gasteiger charge is -2.32. The number of fused-ring (bicyclic) bond motifs is 6. The van der Waals surface area contributed by atoms with Crippen LogP contribution in [0.2, 0.25) is 0 Å². The van der Waals surface area contributed by atoms with Crippen LogP contribution in [0.1, 0.15) is 53.3 Å². The number of rotatable bonds is 1. The first kappa shape index (κ1) is 18.7. The zero-order chi connectivity index (χ0) is 21.8. The van der Waals surface area contributed by atoms with Gasteiger partial charge in [-0.15, -0.1) is 0 Å². The second-order valence-electron chi connectivity index (χ2n) is 8.34. The van der Waals surface area contributed by atoms with E-state index in [2.05, 4.69) is 0 Å². The molecule has 0 saturated carbocycles. The molecule has 4 aromatic rings. The van der Waals surface area contributed by atoms with E-state index >= 15 is 0 Å². The van der Waals surface area contributed by atoms with E-state index < -0.39 is 0 Å². The minimum Gasteiger partial charge on any atom is -0.334 e. The van der Waals surface area contributed by atoms with Gasteiger partial charge in [-0.2, -0.15) is 0 Å². The summed E-state index contributed by atoms with van der Waals surface area (Å²) in [6.45, 7) is 0.909. The van der Waals surface area contributed by atoms with Gasteiger partial charge in [-0.3, -0.25) is 14.4 Å². The fourth-order valence-electron chi connectivity index (χ4n) is 4.99. The van der Waals surface area contributed by atoms with Gasteiger partial charge in [-0.05, 0) is 52.6 Å². The second-order valence-corrected chi connectivity index (χ2v) is 8.34. The molecule has 1 heterocycles. The van der Waals surface area contributed by atoms with Crippen LogP contribution in [-0.2, 0) is 13.0 Å². The molecule has 1 amide bonds. The van der Waals surface area contributed by atoms with Crippen molar-refractivity contribution >= 4 is 28.2 Å². The van der Waals surface area contributed by atoms with Gasteiger partial charge in [0, 0.05) is 40.9 Å². The highest BCUT2D eigenvalue weighted by Gasteiger charge is 2.35. The Balaban J connectivity index is 1.49. The van der Waals surface area contributed by atoms with Gasteiger partial charge in [-0.1, -0.05) is 54.6 Å². The average molecular weight is 417 g/mol. The summed E-state index contributed by atoms with van der Waals surface area (Å²) in [5.74, 6) is -0.318. The molecular formula is C28H19NO3. The van der Waals surface area contributed by atoms with Crippen molar-refractivity contribution in [2.75, 3.05) is 6.54 Å². The van der Waals surface area contributed by atoms with Crippen LogP contribution in [0.25, 0.3) is 10.8 Å². The highest BCUT2D eigenvalue weighted by molar-refractivity contribution is 6.32. The Hall–Kier alpha value is -4.05. The minimum absolute atomic E-state index is 0.0608. The molecule has 32 heavy (non-hydrogen) atoms. The second kappa shape index (κ2) is 6.99. The Morgan fingerprint density at radius 2 is 1.44 bits per heavy atom. The zero-order valence-electron chi connectivity index (χ0n) is 17.3. The molecule has 0 fully saturated rings. The minimum atomic E-state index is -0.130. The molecule has 0 unspecified atom stereocenters. The summed E-state index contributed by atoms with van der Waals surface area (Å²) in [4.78, 5) is 42.1. The van der Waals surface area contributed by atoms with E-state index in [1.165, 1.54) is 0 Å². The number of ketones is 2. The van der Waals surface area contributed by atoms with Crippen molar-refractivity contribution in [2.24, 2.45) is 0 Å². The number of hydrogen-bond acceptors (Lipinski definition) is 3. The van der Waals surface area contributed by atoms with E-state index in [4.69, 9.17) is 0 Å².